The van der Waals surface area contributed by atoms with Gasteiger partial charge in [-0.2, -0.15) is 9.59 Å². The smallest absolute Gasteiger partial charge is 0.355 e. The third-order valence-corrected chi connectivity index (χ3v) is 3.15. The highest BCUT2D eigenvalue weighted by molar-refractivity contribution is 6.30. The molecule has 1 aliphatic heterocycles. The van der Waals surface area contributed by atoms with Crippen LogP contribution < -0.4 is 5.32 Å². The minimum Gasteiger partial charge on any atom is -0.355 e. The molecule has 0 saturated carbocycles. The van der Waals surface area contributed by atoms with E-state index in [9.17, 15) is 13.6 Å². The van der Waals surface area contributed by atoms with Gasteiger partial charge in [-0.1, -0.05) is 18.5 Å². The molecule has 0 unspecified atom stereocenters. The number of hydrogen-bond acceptors (Lipinski definition) is 3. The Bertz CT molecular complexity index is 507. The van der Waals surface area contributed by atoms with E-state index in [0.29, 0.717) is 0 Å². The van der Waals surface area contributed by atoms with Crippen LogP contribution in [0.5, 0.6) is 0 Å². The number of rotatable bonds is 1. The summed E-state index contributed by atoms with van der Waals surface area (Å²) in [6.07, 6.45) is 0.250. The average molecular weight is 290 g/mol. The van der Waals surface area contributed by atoms with Gasteiger partial charge < -0.3 is 5.32 Å². The van der Waals surface area contributed by atoms with E-state index in [1.54, 1.807) is 6.92 Å². The van der Waals surface area contributed by atoms with Crippen LogP contribution in [0, 0.1) is 17.6 Å². The first kappa shape index (κ1) is 15.3. The number of carbonyl (C=O) groups is 1. The summed E-state index contributed by atoms with van der Waals surface area (Å²) in [6.45, 7) is 1.91. The molecular weight excluding hydrogens is 280 g/mol. The predicted molar refractivity (Wildman–Crippen MR) is 61.3 cm³/mol. The highest BCUT2D eigenvalue weighted by Gasteiger charge is 2.35. The van der Waals surface area contributed by atoms with Gasteiger partial charge in [0.2, 0.25) is 5.91 Å². The van der Waals surface area contributed by atoms with Crippen molar-refractivity contribution in [3.05, 3.63) is 34.4 Å². The van der Waals surface area contributed by atoms with E-state index in [1.165, 1.54) is 0 Å². The van der Waals surface area contributed by atoms with Gasteiger partial charge in [0, 0.05) is 29.0 Å². The molecule has 2 rings (SSSR count). The Morgan fingerprint density at radius 2 is 1.79 bits per heavy atom. The standard InChI is InChI=1S/C11H10ClF2NO.CO2/c1-5-7(4-15-11(5)16)10-8(13)2-6(12)3-9(10)14;2-1-3/h2-3,5,7H,4H2,1H3,(H,15,16);/t5-,7+;/m0./s1. The molecule has 2 atom stereocenters. The Labute approximate surface area is 112 Å². The zero-order valence-electron chi connectivity index (χ0n) is 9.88. The van der Waals surface area contributed by atoms with Crippen molar-refractivity contribution in [2.24, 2.45) is 5.92 Å². The van der Waals surface area contributed by atoms with E-state index in [1.807, 2.05) is 0 Å². The quantitative estimate of drug-likeness (QED) is 0.858. The predicted octanol–water partition coefficient (Wildman–Crippen LogP) is 1.88. The molecule has 1 aliphatic rings. The molecule has 0 spiro atoms. The minimum atomic E-state index is -0.696. The normalized spacial score (nSPS) is 21.2. The van der Waals surface area contributed by atoms with Crippen LogP contribution in [0.1, 0.15) is 18.4 Å². The molecule has 0 radical (unpaired) electrons. The molecule has 1 amide bonds. The number of benzene rings is 1. The van der Waals surface area contributed by atoms with Gasteiger partial charge in [0.15, 0.2) is 0 Å². The molecule has 0 aliphatic carbocycles. The fourth-order valence-corrected chi connectivity index (χ4v) is 2.18. The second-order valence-corrected chi connectivity index (χ2v) is 4.44. The van der Waals surface area contributed by atoms with Crippen LogP contribution in [-0.2, 0) is 14.4 Å². The molecular formula is C12H10ClF2NO3. The lowest BCUT2D eigenvalue weighted by atomic mass is 9.89. The first-order valence-corrected chi connectivity index (χ1v) is 5.71. The monoisotopic (exact) mass is 289 g/mol. The van der Waals surface area contributed by atoms with Crippen LogP contribution >= 0.6 is 11.6 Å². The molecule has 1 aromatic rings. The van der Waals surface area contributed by atoms with Crippen molar-refractivity contribution in [1.82, 2.24) is 5.32 Å². The Kier molecular flexibility index (Phi) is 5.15. The molecule has 1 fully saturated rings. The highest BCUT2D eigenvalue weighted by Crippen LogP contribution is 2.33. The first-order chi connectivity index (χ1) is 8.92. The third kappa shape index (κ3) is 3.36. The summed E-state index contributed by atoms with van der Waals surface area (Å²) in [7, 11) is 0. The largest absolute Gasteiger partial charge is 0.373 e. The van der Waals surface area contributed by atoms with Crippen LogP contribution in [-0.4, -0.2) is 18.6 Å². The average Bonchev–Trinajstić information content (AvgIpc) is 2.61. The first-order valence-electron chi connectivity index (χ1n) is 5.33. The van der Waals surface area contributed by atoms with Gasteiger partial charge in [0.25, 0.3) is 0 Å². The van der Waals surface area contributed by atoms with Crippen LogP contribution in [0.3, 0.4) is 0 Å². The summed E-state index contributed by atoms with van der Waals surface area (Å²) >= 11 is 5.53. The van der Waals surface area contributed by atoms with E-state index in [4.69, 9.17) is 21.2 Å². The van der Waals surface area contributed by atoms with Crippen LogP contribution in [0.15, 0.2) is 12.1 Å². The fourth-order valence-electron chi connectivity index (χ4n) is 1.99. The SMILES string of the molecule is C[C@@H]1C(=O)NC[C@H]1c1c(F)cc(Cl)cc1F.O=C=O. The molecule has 1 heterocycles. The molecule has 4 nitrogen and oxygen atoms in total. The second-order valence-electron chi connectivity index (χ2n) is 4.01. The fraction of sp³-hybridized carbons (Fsp3) is 0.333. The zero-order valence-corrected chi connectivity index (χ0v) is 10.6. The van der Waals surface area contributed by atoms with Gasteiger partial charge >= 0.3 is 6.15 Å². The topological polar surface area (TPSA) is 63.2 Å². The van der Waals surface area contributed by atoms with Crippen molar-refractivity contribution in [3.8, 4) is 0 Å². The lowest BCUT2D eigenvalue weighted by Crippen LogP contribution is -2.17. The van der Waals surface area contributed by atoms with E-state index in [-0.39, 0.29) is 29.2 Å². The highest BCUT2D eigenvalue weighted by atomic mass is 35.5. The van der Waals surface area contributed by atoms with Gasteiger partial charge in [-0.25, -0.2) is 8.78 Å². The minimum absolute atomic E-state index is 0.0173. The molecule has 1 aromatic carbocycles. The third-order valence-electron chi connectivity index (χ3n) is 2.93. The van der Waals surface area contributed by atoms with Crippen LogP contribution in [0.25, 0.3) is 0 Å². The van der Waals surface area contributed by atoms with Crippen molar-refractivity contribution >= 4 is 23.7 Å². The molecule has 1 N–H and O–H groups in total. The number of halogens is 3. The number of amides is 1. The summed E-state index contributed by atoms with van der Waals surface area (Å²) in [5, 5.41) is 2.60. The van der Waals surface area contributed by atoms with Crippen LogP contribution in [0.4, 0.5) is 8.78 Å². The van der Waals surface area contributed by atoms with Gasteiger partial charge in [0.05, 0.1) is 0 Å². The van der Waals surface area contributed by atoms with E-state index >= 15 is 0 Å². The summed E-state index contributed by atoms with van der Waals surface area (Å²) in [5.74, 6) is -2.47. The Morgan fingerprint density at radius 3 is 2.16 bits per heavy atom. The van der Waals surface area contributed by atoms with Crippen molar-refractivity contribution < 1.29 is 23.2 Å². The summed E-state index contributed by atoms with van der Waals surface area (Å²) < 4.78 is 27.2. The molecule has 19 heavy (non-hydrogen) atoms. The summed E-state index contributed by atoms with van der Waals surface area (Å²) in [6, 6.07) is 2.13. The number of hydrogen-bond donors (Lipinski definition) is 1. The van der Waals surface area contributed by atoms with Gasteiger partial charge in [-0.15, -0.1) is 0 Å². The Morgan fingerprint density at radius 1 is 1.32 bits per heavy atom. The van der Waals surface area contributed by atoms with Gasteiger partial charge in [0.1, 0.15) is 11.6 Å². The summed E-state index contributed by atoms with van der Waals surface area (Å²) in [5.41, 5.74) is -0.0600. The number of carbonyl (C=O) groups excluding carboxylic acids is 3. The Hall–Kier alpha value is -1.78. The van der Waals surface area contributed by atoms with Gasteiger partial charge in [-0.3, -0.25) is 4.79 Å². The van der Waals surface area contributed by atoms with Crippen molar-refractivity contribution in [2.75, 3.05) is 6.54 Å². The van der Waals surface area contributed by atoms with E-state index in [0.717, 1.165) is 12.1 Å². The zero-order chi connectivity index (χ0) is 14.6. The molecule has 7 heteroatoms. The summed E-state index contributed by atoms with van der Waals surface area (Å²) in [4.78, 5) is 27.5. The lowest BCUT2D eigenvalue weighted by molar-refractivity contribution is -0.191. The molecule has 0 bridgehead atoms. The second kappa shape index (κ2) is 6.41. The van der Waals surface area contributed by atoms with Crippen molar-refractivity contribution in [3.63, 3.8) is 0 Å². The molecule has 1 saturated heterocycles. The van der Waals surface area contributed by atoms with Gasteiger partial charge in [-0.05, 0) is 12.1 Å². The lowest BCUT2D eigenvalue weighted by Gasteiger charge is -2.15. The molecule has 0 aromatic heterocycles. The maximum absolute atomic E-state index is 13.6. The maximum Gasteiger partial charge on any atom is 0.373 e. The van der Waals surface area contributed by atoms with Crippen molar-refractivity contribution in [2.45, 2.75) is 12.8 Å². The van der Waals surface area contributed by atoms with Crippen molar-refractivity contribution in [1.29, 1.82) is 0 Å². The maximum atomic E-state index is 13.6. The Balaban J connectivity index is 0.000000550. The van der Waals surface area contributed by atoms with E-state index in [2.05, 4.69) is 5.32 Å². The molecule has 102 valence electrons. The number of nitrogens with one attached hydrogen (secondary N) is 1. The van der Waals surface area contributed by atoms with E-state index < -0.39 is 23.5 Å². The van der Waals surface area contributed by atoms with Crippen LogP contribution in [0.2, 0.25) is 5.02 Å².